The van der Waals surface area contributed by atoms with Crippen LogP contribution in [0.1, 0.15) is 16.2 Å². The number of imidazole rings is 1. The largest absolute Gasteiger partial charge is 0.478 e. The lowest BCUT2D eigenvalue weighted by Gasteiger charge is -2.09. The summed E-state index contributed by atoms with van der Waals surface area (Å²) in [6.45, 7) is 1.76. The van der Waals surface area contributed by atoms with Crippen molar-refractivity contribution in [3.05, 3.63) is 59.7 Å². The number of para-hydroxylation sites is 2. The van der Waals surface area contributed by atoms with Crippen LogP contribution < -0.4 is 0 Å². The number of aromatic nitrogens is 2. The minimum absolute atomic E-state index is 0.191. The van der Waals surface area contributed by atoms with Crippen LogP contribution in [-0.4, -0.2) is 20.6 Å². The standard InChI is InChI=1S/C15H11FN2O2/c1-9-17-11-6-2-3-7-12(11)18(9)13-8-4-5-10(14(13)16)15(19)20/h2-8H,1H3,(H,19,20). The molecule has 0 amide bonds. The summed E-state index contributed by atoms with van der Waals surface area (Å²) in [6.07, 6.45) is 0. The first-order valence-electron chi connectivity index (χ1n) is 6.06. The lowest BCUT2D eigenvalue weighted by molar-refractivity contribution is 0.0692. The molecule has 100 valence electrons. The number of carboxylic acid groups (broad SMARTS) is 1. The maximum absolute atomic E-state index is 14.4. The average Bonchev–Trinajstić information content (AvgIpc) is 2.75. The molecular formula is C15H11FN2O2. The second-order valence-electron chi connectivity index (χ2n) is 4.43. The smallest absolute Gasteiger partial charge is 0.338 e. The van der Waals surface area contributed by atoms with Crippen LogP contribution in [0.2, 0.25) is 0 Å². The number of hydrogen-bond donors (Lipinski definition) is 1. The Balaban J connectivity index is 2.34. The molecule has 0 spiro atoms. The summed E-state index contributed by atoms with van der Waals surface area (Å²) < 4.78 is 16.0. The molecule has 5 heteroatoms. The predicted molar refractivity (Wildman–Crippen MR) is 72.7 cm³/mol. The lowest BCUT2D eigenvalue weighted by atomic mass is 10.1. The van der Waals surface area contributed by atoms with Crippen LogP contribution in [0.25, 0.3) is 16.7 Å². The molecule has 0 aliphatic heterocycles. The highest BCUT2D eigenvalue weighted by Crippen LogP contribution is 2.24. The van der Waals surface area contributed by atoms with Crippen LogP contribution in [0.3, 0.4) is 0 Å². The number of halogens is 1. The summed E-state index contributed by atoms with van der Waals surface area (Å²) in [5.74, 6) is -1.44. The van der Waals surface area contributed by atoms with Crippen LogP contribution in [0.5, 0.6) is 0 Å². The van der Waals surface area contributed by atoms with Crippen molar-refractivity contribution >= 4 is 17.0 Å². The number of rotatable bonds is 2. The van der Waals surface area contributed by atoms with Crippen LogP contribution in [-0.2, 0) is 0 Å². The van der Waals surface area contributed by atoms with Gasteiger partial charge in [-0.3, -0.25) is 4.57 Å². The molecule has 2 aromatic carbocycles. The molecule has 0 saturated heterocycles. The second-order valence-corrected chi connectivity index (χ2v) is 4.43. The summed E-state index contributed by atoms with van der Waals surface area (Å²) >= 11 is 0. The molecule has 0 aliphatic rings. The van der Waals surface area contributed by atoms with E-state index in [4.69, 9.17) is 5.11 Å². The van der Waals surface area contributed by atoms with Gasteiger partial charge in [0.1, 0.15) is 5.82 Å². The first-order valence-corrected chi connectivity index (χ1v) is 6.06. The van der Waals surface area contributed by atoms with Gasteiger partial charge in [-0.2, -0.15) is 0 Å². The van der Waals surface area contributed by atoms with Gasteiger partial charge in [-0.1, -0.05) is 18.2 Å². The lowest BCUT2D eigenvalue weighted by Crippen LogP contribution is -2.06. The van der Waals surface area contributed by atoms with Gasteiger partial charge in [0, 0.05) is 0 Å². The number of carboxylic acids is 1. The molecule has 0 bridgehead atoms. The molecule has 0 fully saturated rings. The minimum Gasteiger partial charge on any atom is -0.478 e. The predicted octanol–water partition coefficient (Wildman–Crippen LogP) is 3.17. The zero-order valence-electron chi connectivity index (χ0n) is 10.7. The van der Waals surface area contributed by atoms with E-state index in [-0.39, 0.29) is 11.3 Å². The summed E-state index contributed by atoms with van der Waals surface area (Å²) in [6, 6.07) is 11.6. The van der Waals surface area contributed by atoms with Crippen molar-refractivity contribution < 1.29 is 14.3 Å². The zero-order valence-corrected chi connectivity index (χ0v) is 10.7. The van der Waals surface area contributed by atoms with Crippen molar-refractivity contribution in [3.8, 4) is 5.69 Å². The van der Waals surface area contributed by atoms with E-state index in [9.17, 15) is 9.18 Å². The van der Waals surface area contributed by atoms with Crippen LogP contribution in [0.4, 0.5) is 4.39 Å². The first-order chi connectivity index (χ1) is 9.59. The van der Waals surface area contributed by atoms with Crippen molar-refractivity contribution in [1.82, 2.24) is 9.55 Å². The third kappa shape index (κ3) is 1.75. The van der Waals surface area contributed by atoms with E-state index in [1.54, 1.807) is 17.6 Å². The van der Waals surface area contributed by atoms with Crippen LogP contribution in [0.15, 0.2) is 42.5 Å². The van der Waals surface area contributed by atoms with E-state index in [1.807, 2.05) is 24.3 Å². The molecule has 0 aliphatic carbocycles. The highest BCUT2D eigenvalue weighted by atomic mass is 19.1. The van der Waals surface area contributed by atoms with Gasteiger partial charge in [0.05, 0.1) is 22.3 Å². The molecule has 0 atom stereocenters. The Morgan fingerprint density at radius 1 is 1.20 bits per heavy atom. The molecule has 3 rings (SSSR count). The normalized spacial score (nSPS) is 10.9. The third-order valence-electron chi connectivity index (χ3n) is 3.18. The Morgan fingerprint density at radius 3 is 2.70 bits per heavy atom. The van der Waals surface area contributed by atoms with Gasteiger partial charge in [0.2, 0.25) is 0 Å². The number of aromatic carboxylic acids is 1. The summed E-state index contributed by atoms with van der Waals surface area (Å²) in [5, 5.41) is 9.01. The van der Waals surface area contributed by atoms with Gasteiger partial charge in [-0.05, 0) is 31.2 Å². The Labute approximate surface area is 114 Å². The molecule has 3 aromatic rings. The van der Waals surface area contributed by atoms with Crippen molar-refractivity contribution in [1.29, 1.82) is 0 Å². The topological polar surface area (TPSA) is 55.1 Å². The van der Waals surface area contributed by atoms with Gasteiger partial charge in [-0.25, -0.2) is 14.2 Å². The van der Waals surface area contributed by atoms with Crippen molar-refractivity contribution in [2.75, 3.05) is 0 Å². The SMILES string of the molecule is Cc1nc2ccccc2n1-c1cccc(C(=O)O)c1F. The fourth-order valence-corrected chi connectivity index (χ4v) is 2.31. The fraction of sp³-hybridized carbons (Fsp3) is 0.0667. The fourth-order valence-electron chi connectivity index (χ4n) is 2.31. The second kappa shape index (κ2) is 4.45. The molecule has 0 unspecified atom stereocenters. The number of benzene rings is 2. The molecular weight excluding hydrogens is 259 g/mol. The molecule has 1 N–H and O–H groups in total. The van der Waals surface area contributed by atoms with E-state index >= 15 is 0 Å². The molecule has 1 aromatic heterocycles. The highest BCUT2D eigenvalue weighted by molar-refractivity contribution is 5.89. The van der Waals surface area contributed by atoms with E-state index < -0.39 is 11.8 Å². The molecule has 0 radical (unpaired) electrons. The summed E-state index contributed by atoms with van der Waals surface area (Å²) in [7, 11) is 0. The van der Waals surface area contributed by atoms with E-state index in [0.29, 0.717) is 5.82 Å². The van der Waals surface area contributed by atoms with Gasteiger partial charge < -0.3 is 5.11 Å². The summed E-state index contributed by atoms with van der Waals surface area (Å²) in [5.41, 5.74) is 1.33. The first kappa shape index (κ1) is 12.3. The van der Waals surface area contributed by atoms with Crippen molar-refractivity contribution in [2.45, 2.75) is 6.92 Å². The van der Waals surface area contributed by atoms with Crippen LogP contribution in [0, 0.1) is 12.7 Å². The average molecular weight is 270 g/mol. The Hall–Kier alpha value is -2.69. The number of fused-ring (bicyclic) bond motifs is 1. The van der Waals surface area contributed by atoms with E-state index in [1.165, 1.54) is 12.1 Å². The Morgan fingerprint density at radius 2 is 1.95 bits per heavy atom. The maximum atomic E-state index is 14.4. The van der Waals surface area contributed by atoms with E-state index in [2.05, 4.69) is 4.98 Å². The monoisotopic (exact) mass is 270 g/mol. The van der Waals surface area contributed by atoms with Crippen molar-refractivity contribution in [2.24, 2.45) is 0 Å². The Kier molecular flexibility index (Phi) is 2.75. The maximum Gasteiger partial charge on any atom is 0.338 e. The van der Waals surface area contributed by atoms with Gasteiger partial charge in [-0.15, -0.1) is 0 Å². The zero-order chi connectivity index (χ0) is 14.3. The molecule has 20 heavy (non-hydrogen) atoms. The van der Waals surface area contributed by atoms with Crippen molar-refractivity contribution in [3.63, 3.8) is 0 Å². The molecule has 1 heterocycles. The number of hydrogen-bond acceptors (Lipinski definition) is 2. The van der Waals surface area contributed by atoms with Gasteiger partial charge in [0.15, 0.2) is 5.82 Å². The van der Waals surface area contributed by atoms with Gasteiger partial charge in [0.25, 0.3) is 0 Å². The minimum atomic E-state index is -1.29. The van der Waals surface area contributed by atoms with Crippen LogP contribution >= 0.6 is 0 Å². The van der Waals surface area contributed by atoms with Gasteiger partial charge >= 0.3 is 5.97 Å². The third-order valence-corrected chi connectivity index (χ3v) is 3.18. The Bertz CT molecular complexity index is 824. The highest BCUT2D eigenvalue weighted by Gasteiger charge is 2.17. The number of aryl methyl sites for hydroxylation is 1. The number of nitrogens with zero attached hydrogens (tertiary/aromatic N) is 2. The summed E-state index contributed by atoms with van der Waals surface area (Å²) in [4.78, 5) is 15.4. The molecule has 0 saturated carbocycles. The number of carbonyl (C=O) groups is 1. The van der Waals surface area contributed by atoms with E-state index in [0.717, 1.165) is 11.0 Å². The molecule has 4 nitrogen and oxygen atoms in total. The quantitative estimate of drug-likeness (QED) is 0.778.